The fraction of sp³-hybridized carbons (Fsp3) is 0.423. The molecule has 2 aromatic rings. The Balaban J connectivity index is 1.65. The second kappa shape index (κ2) is 6.02. The molecule has 4 aliphatic carbocycles. The van der Waals surface area contributed by atoms with E-state index in [1.165, 1.54) is 22.3 Å². The summed E-state index contributed by atoms with van der Waals surface area (Å²) in [6.07, 6.45) is 9.39. The number of rotatable bonds is 3. The molecule has 2 aromatic carbocycles. The van der Waals surface area contributed by atoms with Crippen LogP contribution >= 0.6 is 0 Å². The molecule has 0 unspecified atom stereocenters. The maximum absolute atomic E-state index is 13.5. The van der Waals surface area contributed by atoms with Crippen LogP contribution < -0.4 is 0 Å². The maximum Gasteiger partial charge on any atom is 0.249 e. The van der Waals surface area contributed by atoms with Gasteiger partial charge in [0.15, 0.2) is 0 Å². The van der Waals surface area contributed by atoms with E-state index in [2.05, 4.69) is 28.7 Å². The topological polar surface area (TPSA) is 83.9 Å². The molecular formula is C26H26N2O4S2. The average Bonchev–Trinajstić information content (AvgIpc) is 3.03. The zero-order valence-corrected chi connectivity index (χ0v) is 20.7. The highest BCUT2D eigenvalue weighted by atomic mass is 32.2. The molecule has 5 atom stereocenters. The molecule has 176 valence electrons. The van der Waals surface area contributed by atoms with Gasteiger partial charge in [-0.05, 0) is 65.3 Å². The molecule has 5 aliphatic rings. The lowest BCUT2D eigenvalue weighted by molar-refractivity contribution is -0.140. The largest absolute Gasteiger partial charge is 0.260 e. The minimum Gasteiger partial charge on any atom is -0.260 e. The molecular weight excluding hydrogens is 468 g/mol. The zero-order valence-electron chi connectivity index (χ0n) is 19.1. The number of benzene rings is 2. The molecule has 0 amide bonds. The van der Waals surface area contributed by atoms with Gasteiger partial charge >= 0.3 is 0 Å². The van der Waals surface area contributed by atoms with Crippen molar-refractivity contribution in [2.75, 3.05) is 12.5 Å². The lowest BCUT2D eigenvalue weighted by Gasteiger charge is -2.72. The van der Waals surface area contributed by atoms with Crippen LogP contribution in [-0.4, -0.2) is 39.9 Å². The Morgan fingerprint density at radius 1 is 0.912 bits per heavy atom. The normalized spacial score (nSPS) is 36.9. The molecule has 2 spiro atoms. The number of hydrogen-bond acceptors (Lipinski definition) is 4. The van der Waals surface area contributed by atoms with Gasteiger partial charge in [0.25, 0.3) is 0 Å². The van der Waals surface area contributed by atoms with Crippen LogP contribution in [0.2, 0.25) is 0 Å². The Bertz CT molecular complexity index is 1560. The first-order chi connectivity index (χ1) is 16.1. The van der Waals surface area contributed by atoms with Crippen LogP contribution in [0.15, 0.2) is 59.1 Å². The summed E-state index contributed by atoms with van der Waals surface area (Å²) in [6.45, 7) is 0. The predicted molar refractivity (Wildman–Crippen MR) is 131 cm³/mol. The van der Waals surface area contributed by atoms with E-state index < -0.39 is 31.0 Å². The van der Waals surface area contributed by atoms with Crippen molar-refractivity contribution in [1.29, 1.82) is 0 Å². The summed E-state index contributed by atoms with van der Waals surface area (Å²) >= 11 is 0. The van der Waals surface area contributed by atoms with Crippen molar-refractivity contribution in [3.63, 3.8) is 0 Å². The average molecular weight is 495 g/mol. The van der Waals surface area contributed by atoms with Gasteiger partial charge in [-0.2, -0.15) is 4.40 Å². The molecule has 2 saturated carbocycles. The highest BCUT2D eigenvalue weighted by Gasteiger charge is 2.83. The van der Waals surface area contributed by atoms with Crippen LogP contribution in [0, 0.1) is 10.8 Å². The van der Waals surface area contributed by atoms with Gasteiger partial charge in [-0.3, -0.25) is 4.31 Å². The molecule has 8 heteroatoms. The van der Waals surface area contributed by atoms with Crippen LogP contribution in [0.3, 0.4) is 0 Å². The van der Waals surface area contributed by atoms with Crippen LogP contribution in [-0.2, 0) is 25.6 Å². The lowest BCUT2D eigenvalue weighted by Crippen LogP contribution is -2.71. The van der Waals surface area contributed by atoms with Crippen molar-refractivity contribution in [3.8, 4) is 0 Å². The van der Waals surface area contributed by atoms with Crippen molar-refractivity contribution in [1.82, 2.24) is 4.31 Å². The Kier molecular flexibility index (Phi) is 3.70. The second-order valence-electron chi connectivity index (χ2n) is 10.6. The van der Waals surface area contributed by atoms with E-state index in [4.69, 9.17) is 0 Å². The molecule has 1 heterocycles. The monoisotopic (exact) mass is 494 g/mol. The third kappa shape index (κ3) is 2.04. The summed E-state index contributed by atoms with van der Waals surface area (Å²) in [5, 5.41) is 0. The van der Waals surface area contributed by atoms with E-state index in [0.717, 1.165) is 54.2 Å². The smallest absolute Gasteiger partial charge is 0.249 e. The highest BCUT2D eigenvalue weighted by molar-refractivity contribution is 7.89. The Hall–Kier alpha value is -2.45. The maximum atomic E-state index is 13.5. The Morgan fingerprint density at radius 3 is 2.21 bits per heavy atom. The molecule has 0 N–H and O–H groups in total. The third-order valence-corrected chi connectivity index (χ3v) is 11.2. The van der Waals surface area contributed by atoms with Crippen LogP contribution in [0.1, 0.15) is 59.8 Å². The van der Waals surface area contributed by atoms with Gasteiger partial charge in [0, 0.05) is 23.2 Å². The van der Waals surface area contributed by atoms with Gasteiger partial charge in [-0.25, -0.2) is 16.8 Å². The zero-order chi connectivity index (χ0) is 23.7. The summed E-state index contributed by atoms with van der Waals surface area (Å²) in [4.78, 5) is 0. The summed E-state index contributed by atoms with van der Waals surface area (Å²) in [5.74, 6) is 0.458. The summed E-state index contributed by atoms with van der Waals surface area (Å²) < 4.78 is 57.2. The van der Waals surface area contributed by atoms with Crippen molar-refractivity contribution >= 4 is 31.8 Å². The second-order valence-corrected chi connectivity index (χ2v) is 14.2. The Labute approximate surface area is 200 Å². The van der Waals surface area contributed by atoms with Gasteiger partial charge in [0.1, 0.15) is 5.54 Å². The quantitative estimate of drug-likeness (QED) is 0.604. The third-order valence-electron chi connectivity index (χ3n) is 9.56. The van der Waals surface area contributed by atoms with Gasteiger partial charge < -0.3 is 0 Å². The van der Waals surface area contributed by atoms with Crippen LogP contribution in [0.25, 0.3) is 5.57 Å². The predicted octanol–water partition coefficient (Wildman–Crippen LogP) is 3.98. The summed E-state index contributed by atoms with van der Waals surface area (Å²) in [6, 6.07) is 16.4. The minimum absolute atomic E-state index is 0.153. The number of fused-ring (bicyclic) bond motifs is 6. The number of sulfonamides is 2. The fourth-order valence-electron chi connectivity index (χ4n) is 8.59. The standard InChI is InChI=1S/C26H26N2O4S2/c1-33(29,30)27-16-26-22-10-6-5-9-19(22)21-12-14-25(21,26)24-13-11-20(24)17-7-3-4-8-18(17)23(24)15-28(26)34(2,31)32/h3-10,15-16,20-21H,11-14H2,1-2H3/b27-16-/t20-,21+,24+,25+,26+/m1/s1. The molecule has 1 aliphatic heterocycles. The van der Waals surface area contributed by atoms with Gasteiger partial charge in [0.05, 0.1) is 12.5 Å². The first kappa shape index (κ1) is 20.9. The van der Waals surface area contributed by atoms with E-state index in [1.807, 2.05) is 30.5 Å². The first-order valence-corrected chi connectivity index (χ1v) is 15.4. The van der Waals surface area contributed by atoms with E-state index in [9.17, 15) is 16.8 Å². The number of hydrogen-bond donors (Lipinski definition) is 0. The Morgan fingerprint density at radius 2 is 1.59 bits per heavy atom. The molecule has 6 nitrogen and oxygen atoms in total. The number of nitrogens with zero attached hydrogens (tertiary/aromatic N) is 2. The molecule has 0 radical (unpaired) electrons. The fourth-order valence-corrected chi connectivity index (χ4v) is 10.1. The van der Waals surface area contributed by atoms with E-state index in [1.54, 1.807) is 0 Å². The van der Waals surface area contributed by atoms with Crippen LogP contribution in [0.4, 0.5) is 0 Å². The number of allylic oxidation sites excluding steroid dienone is 1. The van der Waals surface area contributed by atoms with Crippen molar-refractivity contribution < 1.29 is 16.8 Å². The minimum atomic E-state index is -3.77. The SMILES string of the molecule is CS(=O)(=O)/N=C\[C@]12c3ccccc3[C@@H]3CC[C@@]31[C@@]13CC[C@@H]1c1ccccc1C3=CN2S(C)(=O)=O. The summed E-state index contributed by atoms with van der Waals surface area (Å²) in [5.41, 5.74) is 3.66. The van der Waals surface area contributed by atoms with Gasteiger partial charge in [-0.15, -0.1) is 0 Å². The summed E-state index contributed by atoms with van der Waals surface area (Å²) in [7, 11) is -7.49. The molecule has 0 bridgehead atoms. The molecule has 2 fully saturated rings. The van der Waals surface area contributed by atoms with Crippen molar-refractivity contribution in [2.45, 2.75) is 43.1 Å². The van der Waals surface area contributed by atoms with Gasteiger partial charge in [-0.1, -0.05) is 48.5 Å². The van der Waals surface area contributed by atoms with E-state index in [0.29, 0.717) is 5.92 Å². The molecule has 0 aromatic heterocycles. The first-order valence-electron chi connectivity index (χ1n) is 11.7. The van der Waals surface area contributed by atoms with E-state index in [-0.39, 0.29) is 11.3 Å². The van der Waals surface area contributed by atoms with Gasteiger partial charge in [0.2, 0.25) is 20.0 Å². The van der Waals surface area contributed by atoms with Crippen LogP contribution in [0.5, 0.6) is 0 Å². The molecule has 0 saturated heterocycles. The van der Waals surface area contributed by atoms with Crippen molar-refractivity contribution in [3.05, 3.63) is 77.0 Å². The molecule has 7 rings (SSSR count). The molecule has 34 heavy (non-hydrogen) atoms. The van der Waals surface area contributed by atoms with E-state index >= 15 is 0 Å². The lowest BCUT2D eigenvalue weighted by atomic mass is 9.34. The highest BCUT2D eigenvalue weighted by Crippen LogP contribution is 2.87. The van der Waals surface area contributed by atoms with Crippen molar-refractivity contribution in [2.24, 2.45) is 15.2 Å².